The second-order valence-corrected chi connectivity index (χ2v) is 9.64. The summed E-state index contributed by atoms with van der Waals surface area (Å²) in [7, 11) is 0. The first kappa shape index (κ1) is 21.5. The Hall–Kier alpha value is -4.78. The number of pyridine rings is 1. The lowest BCUT2D eigenvalue weighted by Crippen LogP contribution is -2.35. The predicted octanol–water partition coefficient (Wildman–Crippen LogP) is 4.34. The fraction of sp³-hybridized carbons (Fsp3) is 0.133. The van der Waals surface area contributed by atoms with Gasteiger partial charge in [0.1, 0.15) is 11.6 Å². The number of para-hydroxylation sites is 3. The van der Waals surface area contributed by atoms with Gasteiger partial charge in [-0.1, -0.05) is 42.5 Å². The van der Waals surface area contributed by atoms with Crippen LogP contribution in [0.2, 0.25) is 0 Å². The van der Waals surface area contributed by atoms with Gasteiger partial charge < -0.3 is 10.6 Å². The van der Waals surface area contributed by atoms with E-state index >= 15 is 0 Å². The van der Waals surface area contributed by atoms with Crippen molar-refractivity contribution in [2.75, 3.05) is 5.32 Å². The summed E-state index contributed by atoms with van der Waals surface area (Å²) in [5.74, 6) is 1.20. The van der Waals surface area contributed by atoms with Gasteiger partial charge in [0.2, 0.25) is 5.91 Å². The van der Waals surface area contributed by atoms with Gasteiger partial charge in [-0.2, -0.15) is 0 Å². The summed E-state index contributed by atoms with van der Waals surface area (Å²) >= 11 is 0. The smallest absolute Gasteiger partial charge is 0.251 e. The van der Waals surface area contributed by atoms with Crippen LogP contribution in [0, 0.1) is 0 Å². The average Bonchev–Trinajstić information content (AvgIpc) is 3.59. The third-order valence-electron chi connectivity index (χ3n) is 7.49. The van der Waals surface area contributed by atoms with Crippen molar-refractivity contribution in [1.82, 2.24) is 19.9 Å². The summed E-state index contributed by atoms with van der Waals surface area (Å²) in [5.41, 5.74) is 5.83. The zero-order valence-corrected chi connectivity index (χ0v) is 19.9. The maximum atomic E-state index is 13.2. The Morgan fingerprint density at radius 3 is 2.65 bits per heavy atom. The van der Waals surface area contributed by atoms with Crippen LogP contribution in [0.3, 0.4) is 0 Å². The number of imidazole rings is 1. The lowest BCUT2D eigenvalue weighted by Gasteiger charge is -2.20. The van der Waals surface area contributed by atoms with Crippen LogP contribution in [0.15, 0.2) is 91.1 Å². The number of rotatable bonds is 4. The molecule has 3 aromatic carbocycles. The average molecular weight is 486 g/mol. The number of carbonyl (C=O) groups excluding carboxylic acids is 2. The maximum Gasteiger partial charge on any atom is 0.251 e. The minimum atomic E-state index is -0.651. The van der Waals surface area contributed by atoms with Crippen molar-refractivity contribution in [3.63, 3.8) is 0 Å². The molecule has 1 atom stereocenters. The normalized spacial score (nSPS) is 17.6. The van der Waals surface area contributed by atoms with Crippen molar-refractivity contribution in [3.8, 4) is 5.69 Å². The molecule has 2 N–H and O–H groups in total. The van der Waals surface area contributed by atoms with E-state index in [4.69, 9.17) is 4.98 Å². The van der Waals surface area contributed by atoms with E-state index in [2.05, 4.69) is 20.2 Å². The first-order valence-corrected chi connectivity index (χ1v) is 12.3. The minimum absolute atomic E-state index is 0.0248. The highest BCUT2D eigenvalue weighted by molar-refractivity contribution is 6.06. The minimum Gasteiger partial charge on any atom is -0.345 e. The molecule has 0 bridgehead atoms. The number of anilines is 1. The second kappa shape index (κ2) is 8.13. The summed E-state index contributed by atoms with van der Waals surface area (Å²) in [5, 5.41) is 5.98. The molecule has 2 aromatic heterocycles. The Morgan fingerprint density at radius 2 is 1.76 bits per heavy atom. The van der Waals surface area contributed by atoms with Crippen LogP contribution in [-0.4, -0.2) is 26.3 Å². The fourth-order valence-electron chi connectivity index (χ4n) is 5.73. The third kappa shape index (κ3) is 3.35. The molecule has 1 spiro atoms. The summed E-state index contributed by atoms with van der Waals surface area (Å²) < 4.78 is 2.08. The molecule has 1 aliphatic carbocycles. The highest BCUT2D eigenvalue weighted by Gasteiger charge is 2.51. The van der Waals surface area contributed by atoms with E-state index in [9.17, 15) is 9.59 Å². The van der Waals surface area contributed by atoms with Gasteiger partial charge >= 0.3 is 0 Å². The van der Waals surface area contributed by atoms with Gasteiger partial charge in [-0.25, -0.2) is 9.97 Å². The Balaban J connectivity index is 1.15. The molecular formula is C30H23N5O2. The second-order valence-electron chi connectivity index (χ2n) is 9.64. The molecule has 2 aliphatic rings. The number of aromatic nitrogens is 3. The SMILES string of the molecule is O=C(NCc1nc2ccccc2n1-c1ccccc1)c1ccc2c(c1)CC1(C2)C(=O)Nc2ncccc21. The molecule has 180 valence electrons. The molecule has 5 aromatic rings. The van der Waals surface area contributed by atoms with Crippen LogP contribution in [0.4, 0.5) is 5.82 Å². The first-order chi connectivity index (χ1) is 18.1. The van der Waals surface area contributed by atoms with E-state index < -0.39 is 5.41 Å². The van der Waals surface area contributed by atoms with E-state index in [1.54, 1.807) is 6.20 Å². The van der Waals surface area contributed by atoms with Crippen LogP contribution in [0.1, 0.15) is 32.9 Å². The zero-order valence-electron chi connectivity index (χ0n) is 19.9. The van der Waals surface area contributed by atoms with Crippen LogP contribution in [-0.2, 0) is 29.6 Å². The molecule has 1 unspecified atom stereocenters. The van der Waals surface area contributed by atoms with Gasteiger partial charge in [0.05, 0.1) is 23.0 Å². The molecule has 0 saturated carbocycles. The van der Waals surface area contributed by atoms with E-state index in [1.165, 1.54) is 0 Å². The van der Waals surface area contributed by atoms with Crippen molar-refractivity contribution < 1.29 is 9.59 Å². The van der Waals surface area contributed by atoms with Crippen molar-refractivity contribution >= 4 is 28.7 Å². The van der Waals surface area contributed by atoms with Crippen molar-refractivity contribution in [3.05, 3.63) is 119 Å². The lowest BCUT2D eigenvalue weighted by molar-refractivity contribution is -0.120. The number of fused-ring (bicyclic) bond motifs is 4. The predicted molar refractivity (Wildman–Crippen MR) is 141 cm³/mol. The van der Waals surface area contributed by atoms with E-state index in [-0.39, 0.29) is 18.4 Å². The number of amides is 2. The van der Waals surface area contributed by atoms with Gasteiger partial charge in [-0.15, -0.1) is 0 Å². The van der Waals surface area contributed by atoms with Crippen molar-refractivity contribution in [1.29, 1.82) is 0 Å². The summed E-state index contributed by atoms with van der Waals surface area (Å²) in [6, 6.07) is 27.5. The molecule has 2 amide bonds. The topological polar surface area (TPSA) is 88.9 Å². The molecule has 7 rings (SSSR count). The van der Waals surface area contributed by atoms with E-state index in [0.29, 0.717) is 24.2 Å². The van der Waals surface area contributed by atoms with Crippen LogP contribution in [0.25, 0.3) is 16.7 Å². The standard InChI is InChI=1S/C30H23N5O2/c36-28(32-18-26-33-24-10-4-5-11-25(24)35(26)22-7-2-1-3-8-22)19-12-13-20-16-30(17-21(20)15-19)23-9-6-14-31-27(23)34-29(30)37/h1-15H,16-18H2,(H,32,36)(H,31,34,37). The van der Waals surface area contributed by atoms with Crippen LogP contribution in [0.5, 0.6) is 0 Å². The largest absolute Gasteiger partial charge is 0.345 e. The summed E-state index contributed by atoms with van der Waals surface area (Å²) in [6.45, 7) is 0.283. The van der Waals surface area contributed by atoms with Gasteiger partial charge in [0, 0.05) is 23.0 Å². The number of nitrogens with one attached hydrogen (secondary N) is 2. The van der Waals surface area contributed by atoms with Crippen LogP contribution >= 0.6 is 0 Å². The van der Waals surface area contributed by atoms with Gasteiger partial charge in [-0.3, -0.25) is 14.2 Å². The Bertz CT molecular complexity index is 1710. The molecule has 1 aliphatic heterocycles. The Kier molecular flexibility index (Phi) is 4.72. The monoisotopic (exact) mass is 485 g/mol. The Labute approximate surface area is 213 Å². The number of hydrogen-bond acceptors (Lipinski definition) is 4. The van der Waals surface area contributed by atoms with E-state index in [0.717, 1.165) is 39.2 Å². The zero-order chi connectivity index (χ0) is 25.0. The summed E-state index contributed by atoms with van der Waals surface area (Å²) in [6.07, 6.45) is 2.85. The van der Waals surface area contributed by atoms with Crippen molar-refractivity contribution in [2.45, 2.75) is 24.8 Å². The fourth-order valence-corrected chi connectivity index (χ4v) is 5.73. The van der Waals surface area contributed by atoms with Gasteiger partial charge in [0.25, 0.3) is 5.91 Å². The maximum absolute atomic E-state index is 13.2. The molecule has 7 nitrogen and oxygen atoms in total. The van der Waals surface area contributed by atoms with Gasteiger partial charge in [-0.05, 0) is 66.4 Å². The highest BCUT2D eigenvalue weighted by atomic mass is 16.2. The molecule has 0 saturated heterocycles. The molecule has 0 fully saturated rings. The number of benzene rings is 3. The Morgan fingerprint density at radius 1 is 0.946 bits per heavy atom. The van der Waals surface area contributed by atoms with Crippen LogP contribution < -0.4 is 10.6 Å². The molecular weight excluding hydrogens is 462 g/mol. The molecule has 37 heavy (non-hydrogen) atoms. The van der Waals surface area contributed by atoms with E-state index in [1.807, 2.05) is 84.9 Å². The molecule has 0 radical (unpaired) electrons. The first-order valence-electron chi connectivity index (χ1n) is 12.3. The van der Waals surface area contributed by atoms with Crippen molar-refractivity contribution in [2.24, 2.45) is 0 Å². The lowest BCUT2D eigenvalue weighted by atomic mass is 9.79. The molecule has 7 heteroatoms. The van der Waals surface area contributed by atoms with Gasteiger partial charge in [0.15, 0.2) is 0 Å². The number of hydrogen-bond donors (Lipinski definition) is 2. The quantitative estimate of drug-likeness (QED) is 0.396. The number of nitrogens with zero attached hydrogens (tertiary/aromatic N) is 3. The summed E-state index contributed by atoms with van der Waals surface area (Å²) in [4.78, 5) is 35.3. The number of carbonyl (C=O) groups is 2. The highest BCUT2D eigenvalue weighted by Crippen LogP contribution is 2.46. The molecule has 3 heterocycles. The third-order valence-corrected chi connectivity index (χ3v) is 7.49.